The van der Waals surface area contributed by atoms with Gasteiger partial charge in [-0.05, 0) is 32.6 Å². The van der Waals surface area contributed by atoms with Crippen molar-refractivity contribution in [1.29, 1.82) is 0 Å². The van der Waals surface area contributed by atoms with E-state index in [1.807, 2.05) is 6.92 Å². The van der Waals surface area contributed by atoms with E-state index in [1.54, 1.807) is 7.11 Å². The number of methoxy groups -OCH3 is 1. The molecule has 1 saturated carbocycles. The maximum Gasteiger partial charge on any atom is 0.233 e. The Morgan fingerprint density at radius 2 is 2.27 bits per heavy atom. The molecule has 0 aromatic carbocycles. The highest BCUT2D eigenvalue weighted by Gasteiger charge is 2.21. The number of hydrogen-bond donors (Lipinski definition) is 2. The smallest absolute Gasteiger partial charge is 0.233 e. The molecule has 2 N–H and O–H groups in total. The van der Waals surface area contributed by atoms with Crippen molar-refractivity contribution in [3.63, 3.8) is 0 Å². The second-order valence-electron chi connectivity index (χ2n) is 4.06. The first-order valence-electron chi connectivity index (χ1n) is 5.79. The van der Waals surface area contributed by atoms with Gasteiger partial charge in [-0.15, -0.1) is 0 Å². The molecule has 1 aliphatic carbocycles. The van der Waals surface area contributed by atoms with Crippen LogP contribution in [0.1, 0.15) is 32.6 Å². The molecule has 0 spiro atoms. The van der Waals surface area contributed by atoms with Crippen LogP contribution in [0.2, 0.25) is 0 Å². The van der Waals surface area contributed by atoms with Crippen LogP contribution in [0, 0.1) is 0 Å². The minimum absolute atomic E-state index is 0.0806. The molecule has 15 heavy (non-hydrogen) atoms. The molecule has 0 bridgehead atoms. The molecule has 0 radical (unpaired) electrons. The van der Waals surface area contributed by atoms with Crippen molar-refractivity contribution < 1.29 is 9.53 Å². The summed E-state index contributed by atoms with van der Waals surface area (Å²) in [7, 11) is 1.76. The third-order valence-corrected chi connectivity index (χ3v) is 2.88. The number of hydrogen-bond acceptors (Lipinski definition) is 3. The summed E-state index contributed by atoms with van der Waals surface area (Å²) in [4.78, 5) is 11.2. The highest BCUT2D eigenvalue weighted by atomic mass is 16.5. The van der Waals surface area contributed by atoms with E-state index in [0.717, 1.165) is 19.3 Å². The molecular formula is C11H22N2O2. The second-order valence-corrected chi connectivity index (χ2v) is 4.06. The molecule has 0 heterocycles. The largest absolute Gasteiger partial charge is 0.381 e. The topological polar surface area (TPSA) is 50.4 Å². The van der Waals surface area contributed by atoms with Crippen molar-refractivity contribution in [2.75, 3.05) is 20.2 Å². The Kier molecular flexibility index (Phi) is 5.65. The number of amides is 1. The SMILES string of the molecule is CCNC(=O)CNC1CCCC(OC)C1. The van der Waals surface area contributed by atoms with E-state index in [2.05, 4.69) is 10.6 Å². The molecule has 0 aromatic heterocycles. The van der Waals surface area contributed by atoms with Crippen molar-refractivity contribution in [2.45, 2.75) is 44.8 Å². The molecule has 2 atom stereocenters. The third-order valence-electron chi connectivity index (χ3n) is 2.88. The number of rotatable bonds is 5. The first-order chi connectivity index (χ1) is 7.26. The zero-order valence-corrected chi connectivity index (χ0v) is 9.71. The first-order valence-corrected chi connectivity index (χ1v) is 5.79. The van der Waals surface area contributed by atoms with Crippen LogP contribution < -0.4 is 10.6 Å². The summed E-state index contributed by atoms with van der Waals surface area (Å²) in [6.45, 7) is 3.06. The van der Waals surface area contributed by atoms with Gasteiger partial charge in [0.1, 0.15) is 0 Å². The quantitative estimate of drug-likeness (QED) is 0.707. The lowest BCUT2D eigenvalue weighted by molar-refractivity contribution is -0.120. The number of nitrogens with one attached hydrogen (secondary N) is 2. The van der Waals surface area contributed by atoms with Crippen LogP contribution in [0.3, 0.4) is 0 Å². The lowest BCUT2D eigenvalue weighted by atomic mass is 9.93. The van der Waals surface area contributed by atoms with Gasteiger partial charge in [0.25, 0.3) is 0 Å². The Hall–Kier alpha value is -0.610. The molecule has 1 amide bonds. The van der Waals surface area contributed by atoms with Gasteiger partial charge in [-0.2, -0.15) is 0 Å². The van der Waals surface area contributed by atoms with Crippen LogP contribution in [0.15, 0.2) is 0 Å². The van der Waals surface area contributed by atoms with E-state index in [0.29, 0.717) is 25.2 Å². The Balaban J connectivity index is 2.17. The fourth-order valence-electron chi connectivity index (χ4n) is 2.04. The van der Waals surface area contributed by atoms with Crippen LogP contribution >= 0.6 is 0 Å². The highest BCUT2D eigenvalue weighted by molar-refractivity contribution is 5.77. The average Bonchev–Trinajstić information content (AvgIpc) is 2.27. The lowest BCUT2D eigenvalue weighted by Crippen LogP contribution is -2.42. The highest BCUT2D eigenvalue weighted by Crippen LogP contribution is 2.20. The normalized spacial score (nSPS) is 26.3. The molecule has 1 rings (SSSR count). The Morgan fingerprint density at radius 1 is 1.47 bits per heavy atom. The number of likely N-dealkylation sites (N-methyl/N-ethyl adjacent to an activating group) is 1. The maximum atomic E-state index is 11.2. The van der Waals surface area contributed by atoms with Crippen LogP contribution in [0.25, 0.3) is 0 Å². The zero-order chi connectivity index (χ0) is 11.1. The summed E-state index contributed by atoms with van der Waals surface area (Å²) in [5.41, 5.74) is 0. The van der Waals surface area contributed by atoms with Crippen LogP contribution in [0.4, 0.5) is 0 Å². The maximum absolute atomic E-state index is 11.2. The molecule has 0 aromatic rings. The summed E-state index contributed by atoms with van der Waals surface area (Å²) in [5.74, 6) is 0.0806. The summed E-state index contributed by atoms with van der Waals surface area (Å²) in [5, 5.41) is 6.06. The number of carbonyl (C=O) groups is 1. The summed E-state index contributed by atoms with van der Waals surface area (Å²) in [6.07, 6.45) is 4.88. The van der Waals surface area contributed by atoms with Gasteiger partial charge in [0.2, 0.25) is 5.91 Å². The lowest BCUT2D eigenvalue weighted by Gasteiger charge is -2.28. The van der Waals surface area contributed by atoms with Gasteiger partial charge in [0.15, 0.2) is 0 Å². The molecule has 2 unspecified atom stereocenters. The standard InChI is InChI=1S/C11H22N2O2/c1-3-12-11(14)8-13-9-5-4-6-10(7-9)15-2/h9-10,13H,3-8H2,1-2H3,(H,12,14). The predicted molar refractivity (Wildman–Crippen MR) is 59.7 cm³/mol. The van der Waals surface area contributed by atoms with Crippen LogP contribution in [-0.4, -0.2) is 38.3 Å². The number of carbonyl (C=O) groups excluding carboxylic acids is 1. The fourth-order valence-corrected chi connectivity index (χ4v) is 2.04. The fraction of sp³-hybridized carbons (Fsp3) is 0.909. The van der Waals surface area contributed by atoms with E-state index < -0.39 is 0 Å². The monoisotopic (exact) mass is 214 g/mol. The molecule has 0 saturated heterocycles. The Labute approximate surface area is 91.8 Å². The van der Waals surface area contributed by atoms with Crippen LogP contribution in [0.5, 0.6) is 0 Å². The second kappa shape index (κ2) is 6.80. The molecule has 1 fully saturated rings. The van der Waals surface area contributed by atoms with Crippen molar-refractivity contribution in [1.82, 2.24) is 10.6 Å². The Bertz CT molecular complexity index is 197. The van der Waals surface area contributed by atoms with Gasteiger partial charge in [-0.25, -0.2) is 0 Å². The van der Waals surface area contributed by atoms with Crippen molar-refractivity contribution in [3.8, 4) is 0 Å². The number of ether oxygens (including phenoxy) is 1. The molecule has 4 heteroatoms. The molecule has 0 aliphatic heterocycles. The van der Waals surface area contributed by atoms with E-state index in [1.165, 1.54) is 6.42 Å². The first kappa shape index (κ1) is 12.5. The predicted octanol–water partition coefficient (Wildman–Crippen LogP) is 0.670. The van der Waals surface area contributed by atoms with E-state index in [-0.39, 0.29) is 5.91 Å². The minimum Gasteiger partial charge on any atom is -0.381 e. The van der Waals surface area contributed by atoms with Crippen LogP contribution in [-0.2, 0) is 9.53 Å². The van der Waals surface area contributed by atoms with E-state index in [9.17, 15) is 4.79 Å². The average molecular weight is 214 g/mol. The molecule has 1 aliphatic rings. The Morgan fingerprint density at radius 3 is 2.93 bits per heavy atom. The summed E-state index contributed by atoms with van der Waals surface area (Å²) < 4.78 is 5.34. The minimum atomic E-state index is 0.0806. The third kappa shape index (κ3) is 4.62. The summed E-state index contributed by atoms with van der Waals surface area (Å²) in [6, 6.07) is 0.436. The van der Waals surface area contributed by atoms with Gasteiger partial charge in [-0.1, -0.05) is 0 Å². The van der Waals surface area contributed by atoms with Gasteiger partial charge in [0, 0.05) is 19.7 Å². The van der Waals surface area contributed by atoms with Crippen molar-refractivity contribution in [3.05, 3.63) is 0 Å². The van der Waals surface area contributed by atoms with Crippen molar-refractivity contribution in [2.24, 2.45) is 0 Å². The molecule has 4 nitrogen and oxygen atoms in total. The molecular weight excluding hydrogens is 192 g/mol. The van der Waals surface area contributed by atoms with E-state index in [4.69, 9.17) is 4.74 Å². The van der Waals surface area contributed by atoms with Gasteiger partial charge >= 0.3 is 0 Å². The summed E-state index contributed by atoms with van der Waals surface area (Å²) >= 11 is 0. The van der Waals surface area contributed by atoms with Crippen molar-refractivity contribution >= 4 is 5.91 Å². The van der Waals surface area contributed by atoms with Gasteiger partial charge in [0.05, 0.1) is 12.6 Å². The van der Waals surface area contributed by atoms with E-state index >= 15 is 0 Å². The molecule has 88 valence electrons. The zero-order valence-electron chi connectivity index (χ0n) is 9.71. The van der Waals surface area contributed by atoms with Gasteiger partial charge < -0.3 is 15.4 Å². The van der Waals surface area contributed by atoms with Gasteiger partial charge in [-0.3, -0.25) is 4.79 Å².